The van der Waals surface area contributed by atoms with Crippen LogP contribution in [0.15, 0.2) is 34.7 Å². The normalized spacial score (nSPS) is 11.4. The lowest BCUT2D eigenvalue weighted by molar-refractivity contribution is 0.618. The maximum atomic E-state index is 13.1. The first-order chi connectivity index (χ1) is 7.65. The Labute approximate surface area is 91.5 Å². The first-order valence-electron chi connectivity index (χ1n) is 5.03. The Bertz CT molecular complexity index is 700. The quantitative estimate of drug-likeness (QED) is 0.582. The fourth-order valence-corrected chi connectivity index (χ4v) is 2.03. The Morgan fingerprint density at radius 1 is 1.12 bits per heavy atom. The Balaban J connectivity index is 2.55. The van der Waals surface area contributed by atoms with Gasteiger partial charge in [-0.05, 0) is 36.8 Å². The van der Waals surface area contributed by atoms with Gasteiger partial charge in [-0.25, -0.2) is 4.39 Å². The number of rotatable bonds is 0. The Morgan fingerprint density at radius 3 is 2.75 bits per heavy atom. The minimum Gasteiger partial charge on any atom is -0.454 e. The minimum atomic E-state index is -0.304. The summed E-state index contributed by atoms with van der Waals surface area (Å²) in [5, 5.41) is 1.83. The molecule has 1 heterocycles. The number of hydrogen-bond acceptors (Lipinski definition) is 2. The van der Waals surface area contributed by atoms with Gasteiger partial charge >= 0.3 is 0 Å². The molecule has 0 aliphatic heterocycles. The molecule has 2 N–H and O–H groups in total. The number of anilines is 1. The molecule has 0 aliphatic carbocycles. The molecular weight excluding hydrogens is 205 g/mol. The average Bonchev–Trinajstić information content (AvgIpc) is 2.56. The first-order valence-corrected chi connectivity index (χ1v) is 5.03. The van der Waals surface area contributed by atoms with Crippen LogP contribution in [0.3, 0.4) is 0 Å². The van der Waals surface area contributed by atoms with Crippen LogP contribution >= 0.6 is 0 Å². The fourth-order valence-electron chi connectivity index (χ4n) is 2.03. The number of nitrogens with two attached hydrogens (primary N) is 1. The van der Waals surface area contributed by atoms with Crippen LogP contribution in [0.5, 0.6) is 0 Å². The molecule has 0 fully saturated rings. The van der Waals surface area contributed by atoms with Crippen LogP contribution in [0.4, 0.5) is 10.1 Å². The van der Waals surface area contributed by atoms with Gasteiger partial charge in [0.2, 0.25) is 0 Å². The largest absolute Gasteiger partial charge is 0.454 e. The topological polar surface area (TPSA) is 39.2 Å². The van der Waals surface area contributed by atoms with Gasteiger partial charge in [0.05, 0.1) is 5.69 Å². The zero-order valence-corrected chi connectivity index (χ0v) is 8.75. The molecule has 2 nitrogen and oxygen atoms in total. The smallest absolute Gasteiger partial charge is 0.158 e. The van der Waals surface area contributed by atoms with Crippen LogP contribution in [0.1, 0.15) is 5.56 Å². The fraction of sp³-hybridized carbons (Fsp3) is 0.0769. The van der Waals surface area contributed by atoms with Crippen molar-refractivity contribution in [1.82, 2.24) is 0 Å². The molecule has 0 aliphatic rings. The van der Waals surface area contributed by atoms with E-state index < -0.39 is 0 Å². The second kappa shape index (κ2) is 2.98. The van der Waals surface area contributed by atoms with Gasteiger partial charge in [-0.3, -0.25) is 0 Å². The molecule has 2 aromatic carbocycles. The highest BCUT2D eigenvalue weighted by molar-refractivity contribution is 6.08. The molecule has 3 rings (SSSR count). The zero-order chi connectivity index (χ0) is 11.3. The van der Waals surface area contributed by atoms with Crippen LogP contribution < -0.4 is 5.73 Å². The second-order valence-electron chi connectivity index (χ2n) is 3.97. The number of halogens is 1. The lowest BCUT2D eigenvalue weighted by Gasteiger charge is -1.96. The number of fused-ring (bicyclic) bond motifs is 3. The monoisotopic (exact) mass is 215 g/mol. The molecule has 0 radical (unpaired) electrons. The molecular formula is C13H10FNO. The Hall–Kier alpha value is -2.03. The van der Waals surface area contributed by atoms with E-state index in [-0.39, 0.29) is 5.82 Å². The number of furan rings is 1. The molecule has 16 heavy (non-hydrogen) atoms. The van der Waals surface area contributed by atoms with E-state index in [1.54, 1.807) is 6.07 Å². The maximum Gasteiger partial charge on any atom is 0.158 e. The molecule has 0 amide bonds. The van der Waals surface area contributed by atoms with Crippen molar-refractivity contribution >= 4 is 27.6 Å². The molecule has 0 bridgehead atoms. The van der Waals surface area contributed by atoms with E-state index in [9.17, 15) is 4.39 Å². The highest BCUT2D eigenvalue weighted by atomic mass is 19.1. The third kappa shape index (κ3) is 1.18. The zero-order valence-electron chi connectivity index (χ0n) is 8.75. The van der Waals surface area contributed by atoms with E-state index in [1.165, 1.54) is 12.1 Å². The summed E-state index contributed by atoms with van der Waals surface area (Å²) < 4.78 is 18.6. The van der Waals surface area contributed by atoms with E-state index in [1.807, 2.05) is 19.1 Å². The van der Waals surface area contributed by atoms with Gasteiger partial charge in [0.15, 0.2) is 5.58 Å². The van der Waals surface area contributed by atoms with E-state index in [2.05, 4.69) is 0 Å². The van der Waals surface area contributed by atoms with E-state index >= 15 is 0 Å². The molecule has 3 aromatic rings. The number of aryl methyl sites for hydroxylation is 1. The average molecular weight is 215 g/mol. The van der Waals surface area contributed by atoms with Crippen LogP contribution in [0.25, 0.3) is 21.9 Å². The Kier molecular flexibility index (Phi) is 1.72. The van der Waals surface area contributed by atoms with E-state index in [0.717, 1.165) is 16.3 Å². The first kappa shape index (κ1) is 9.21. The second-order valence-corrected chi connectivity index (χ2v) is 3.97. The van der Waals surface area contributed by atoms with Crippen molar-refractivity contribution in [1.29, 1.82) is 0 Å². The lowest BCUT2D eigenvalue weighted by Crippen LogP contribution is -1.85. The molecule has 80 valence electrons. The minimum absolute atomic E-state index is 0.304. The standard InChI is InChI=1S/C13H10FNO/c1-7-4-10-9-3-2-8(14)6-12(9)16-13(10)11(15)5-7/h2-6H,15H2,1H3. The van der Waals surface area contributed by atoms with Crippen molar-refractivity contribution in [2.24, 2.45) is 0 Å². The summed E-state index contributed by atoms with van der Waals surface area (Å²) in [4.78, 5) is 0. The van der Waals surface area contributed by atoms with Gasteiger partial charge in [-0.1, -0.05) is 0 Å². The molecule has 3 heteroatoms. The summed E-state index contributed by atoms with van der Waals surface area (Å²) in [6.45, 7) is 1.97. The van der Waals surface area contributed by atoms with Gasteiger partial charge in [0, 0.05) is 16.8 Å². The SMILES string of the molecule is Cc1cc(N)c2oc3cc(F)ccc3c2c1. The van der Waals surface area contributed by atoms with Crippen molar-refractivity contribution in [3.05, 3.63) is 41.7 Å². The highest BCUT2D eigenvalue weighted by Gasteiger charge is 2.10. The lowest BCUT2D eigenvalue weighted by atomic mass is 10.1. The van der Waals surface area contributed by atoms with Gasteiger partial charge in [0.25, 0.3) is 0 Å². The van der Waals surface area contributed by atoms with Crippen molar-refractivity contribution in [3.63, 3.8) is 0 Å². The van der Waals surface area contributed by atoms with Gasteiger partial charge in [-0.2, -0.15) is 0 Å². The summed E-state index contributed by atoms with van der Waals surface area (Å²) in [5.74, 6) is -0.304. The molecule has 0 saturated carbocycles. The molecule has 0 saturated heterocycles. The third-order valence-corrected chi connectivity index (χ3v) is 2.71. The summed E-state index contributed by atoms with van der Waals surface area (Å²) in [6, 6.07) is 8.37. The highest BCUT2D eigenvalue weighted by Crippen LogP contribution is 2.33. The summed E-state index contributed by atoms with van der Waals surface area (Å²) in [6.07, 6.45) is 0. The van der Waals surface area contributed by atoms with Gasteiger partial charge in [0.1, 0.15) is 11.4 Å². The molecule has 0 atom stereocenters. The van der Waals surface area contributed by atoms with Crippen LogP contribution in [0, 0.1) is 12.7 Å². The number of benzene rings is 2. The summed E-state index contributed by atoms with van der Waals surface area (Å²) >= 11 is 0. The van der Waals surface area contributed by atoms with Gasteiger partial charge in [-0.15, -0.1) is 0 Å². The number of hydrogen-bond donors (Lipinski definition) is 1. The summed E-state index contributed by atoms with van der Waals surface area (Å²) in [7, 11) is 0. The van der Waals surface area contributed by atoms with Crippen LogP contribution in [0.2, 0.25) is 0 Å². The van der Waals surface area contributed by atoms with E-state index in [4.69, 9.17) is 10.2 Å². The molecule has 0 spiro atoms. The van der Waals surface area contributed by atoms with E-state index in [0.29, 0.717) is 16.9 Å². The maximum absolute atomic E-state index is 13.1. The number of nitrogen functional groups attached to an aromatic ring is 1. The van der Waals surface area contributed by atoms with Crippen LogP contribution in [-0.2, 0) is 0 Å². The van der Waals surface area contributed by atoms with Crippen molar-refractivity contribution in [2.75, 3.05) is 5.73 Å². The molecule has 1 aromatic heterocycles. The predicted molar refractivity (Wildman–Crippen MR) is 62.8 cm³/mol. The predicted octanol–water partition coefficient (Wildman–Crippen LogP) is 3.62. The Morgan fingerprint density at radius 2 is 1.94 bits per heavy atom. The van der Waals surface area contributed by atoms with Crippen LogP contribution in [-0.4, -0.2) is 0 Å². The van der Waals surface area contributed by atoms with Crippen molar-refractivity contribution < 1.29 is 8.81 Å². The molecule has 0 unspecified atom stereocenters. The van der Waals surface area contributed by atoms with Crippen molar-refractivity contribution in [2.45, 2.75) is 6.92 Å². The summed E-state index contributed by atoms with van der Waals surface area (Å²) in [5.41, 5.74) is 8.69. The van der Waals surface area contributed by atoms with Crippen molar-refractivity contribution in [3.8, 4) is 0 Å². The third-order valence-electron chi connectivity index (χ3n) is 2.71. The van der Waals surface area contributed by atoms with Gasteiger partial charge < -0.3 is 10.2 Å².